The smallest absolute Gasteiger partial charge is 0.136 e. The van der Waals surface area contributed by atoms with E-state index in [0.29, 0.717) is 6.54 Å². The standard InChI is InChI=1S/C13H15N3O.2ClH/c1-2-11-9-3-4-12-10(5-8-17-12)13(9)16(15-11)7-6-14;;/h3-5,8H,2,6-7,14H2,1H3;2*1H. The predicted molar refractivity (Wildman–Crippen MR) is 82.4 cm³/mol. The van der Waals surface area contributed by atoms with Crippen molar-refractivity contribution in [3.05, 3.63) is 30.2 Å². The van der Waals surface area contributed by atoms with Gasteiger partial charge in [-0.1, -0.05) is 6.92 Å². The van der Waals surface area contributed by atoms with Crippen molar-refractivity contribution in [1.29, 1.82) is 0 Å². The van der Waals surface area contributed by atoms with Crippen LogP contribution in [0.4, 0.5) is 0 Å². The van der Waals surface area contributed by atoms with Crippen LogP contribution in [0, 0.1) is 0 Å². The Morgan fingerprint density at radius 3 is 2.68 bits per heavy atom. The Balaban J connectivity index is 0.000000902. The molecule has 0 unspecified atom stereocenters. The van der Waals surface area contributed by atoms with Crippen LogP contribution in [0.15, 0.2) is 28.9 Å². The quantitative estimate of drug-likeness (QED) is 0.808. The Morgan fingerprint density at radius 1 is 1.21 bits per heavy atom. The molecular formula is C13H17Cl2N3O. The highest BCUT2D eigenvalue weighted by Crippen LogP contribution is 2.28. The lowest BCUT2D eigenvalue weighted by Gasteiger charge is -2.01. The van der Waals surface area contributed by atoms with Gasteiger partial charge < -0.3 is 10.2 Å². The number of rotatable bonds is 3. The number of halogens is 2. The third-order valence-corrected chi connectivity index (χ3v) is 3.09. The predicted octanol–water partition coefficient (Wildman–Crippen LogP) is 3.15. The average molecular weight is 302 g/mol. The number of furan rings is 1. The number of nitrogens with zero attached hydrogens (tertiary/aromatic N) is 2. The summed E-state index contributed by atoms with van der Waals surface area (Å²) in [6.07, 6.45) is 2.65. The molecule has 2 N–H and O–H groups in total. The first kappa shape index (κ1) is 15.8. The van der Waals surface area contributed by atoms with Gasteiger partial charge in [0, 0.05) is 17.3 Å². The molecule has 2 heterocycles. The summed E-state index contributed by atoms with van der Waals surface area (Å²) in [6, 6.07) is 6.08. The molecule has 0 aliphatic carbocycles. The molecule has 104 valence electrons. The van der Waals surface area contributed by atoms with E-state index in [2.05, 4.69) is 18.1 Å². The highest BCUT2D eigenvalue weighted by Gasteiger charge is 2.12. The van der Waals surface area contributed by atoms with E-state index in [-0.39, 0.29) is 24.8 Å². The summed E-state index contributed by atoms with van der Waals surface area (Å²) in [4.78, 5) is 0. The van der Waals surface area contributed by atoms with Crippen molar-refractivity contribution < 1.29 is 4.42 Å². The van der Waals surface area contributed by atoms with Crippen LogP contribution in [0.25, 0.3) is 21.9 Å². The van der Waals surface area contributed by atoms with Crippen LogP contribution in [-0.2, 0) is 13.0 Å². The van der Waals surface area contributed by atoms with Gasteiger partial charge in [0.15, 0.2) is 0 Å². The molecule has 1 aromatic carbocycles. The first-order chi connectivity index (χ1) is 8.35. The zero-order valence-corrected chi connectivity index (χ0v) is 12.3. The van der Waals surface area contributed by atoms with Crippen molar-refractivity contribution in [2.75, 3.05) is 6.54 Å². The molecule has 3 aromatic rings. The Hall–Kier alpha value is -1.23. The third-order valence-electron chi connectivity index (χ3n) is 3.09. The van der Waals surface area contributed by atoms with E-state index in [4.69, 9.17) is 10.2 Å². The van der Waals surface area contributed by atoms with Crippen molar-refractivity contribution in [2.45, 2.75) is 19.9 Å². The summed E-state index contributed by atoms with van der Waals surface area (Å²) in [7, 11) is 0. The monoisotopic (exact) mass is 301 g/mol. The summed E-state index contributed by atoms with van der Waals surface area (Å²) < 4.78 is 7.42. The van der Waals surface area contributed by atoms with E-state index in [0.717, 1.165) is 35.1 Å². The lowest BCUT2D eigenvalue weighted by Crippen LogP contribution is -2.11. The Labute approximate surface area is 123 Å². The number of nitrogens with two attached hydrogens (primary N) is 1. The lowest BCUT2D eigenvalue weighted by molar-refractivity contribution is 0.615. The van der Waals surface area contributed by atoms with E-state index >= 15 is 0 Å². The van der Waals surface area contributed by atoms with Crippen molar-refractivity contribution in [3.8, 4) is 0 Å². The highest BCUT2D eigenvalue weighted by molar-refractivity contribution is 6.04. The Kier molecular flexibility index (Phi) is 5.23. The first-order valence-electron chi connectivity index (χ1n) is 5.90. The molecule has 0 aliphatic rings. The highest BCUT2D eigenvalue weighted by atomic mass is 35.5. The zero-order valence-electron chi connectivity index (χ0n) is 10.6. The molecule has 0 bridgehead atoms. The maximum Gasteiger partial charge on any atom is 0.136 e. The molecule has 0 fully saturated rings. The van der Waals surface area contributed by atoms with Gasteiger partial charge in [-0.25, -0.2) is 0 Å². The summed E-state index contributed by atoms with van der Waals surface area (Å²) in [6.45, 7) is 3.45. The molecule has 3 rings (SSSR count). The molecule has 0 saturated heterocycles. The fourth-order valence-corrected chi connectivity index (χ4v) is 2.33. The molecule has 0 spiro atoms. The molecule has 0 amide bonds. The second-order valence-electron chi connectivity index (χ2n) is 4.11. The van der Waals surface area contributed by atoms with E-state index in [1.165, 1.54) is 5.39 Å². The van der Waals surface area contributed by atoms with Gasteiger partial charge in [-0.3, -0.25) is 4.68 Å². The van der Waals surface area contributed by atoms with Gasteiger partial charge >= 0.3 is 0 Å². The number of benzene rings is 1. The van der Waals surface area contributed by atoms with Crippen LogP contribution in [0.1, 0.15) is 12.6 Å². The Morgan fingerprint density at radius 2 is 2.00 bits per heavy atom. The van der Waals surface area contributed by atoms with Gasteiger partial charge in [-0.15, -0.1) is 24.8 Å². The van der Waals surface area contributed by atoms with Gasteiger partial charge in [-0.05, 0) is 24.6 Å². The maximum absolute atomic E-state index is 5.64. The van der Waals surface area contributed by atoms with Crippen LogP contribution in [0.3, 0.4) is 0 Å². The van der Waals surface area contributed by atoms with Crippen molar-refractivity contribution >= 4 is 46.7 Å². The number of aryl methyl sites for hydroxylation is 1. The summed E-state index contributed by atoms with van der Waals surface area (Å²) in [5, 5.41) is 6.94. The summed E-state index contributed by atoms with van der Waals surface area (Å²) in [5.74, 6) is 0. The molecule has 4 nitrogen and oxygen atoms in total. The summed E-state index contributed by atoms with van der Waals surface area (Å²) in [5.41, 5.74) is 8.80. The number of fused-ring (bicyclic) bond motifs is 3. The van der Waals surface area contributed by atoms with E-state index in [1.54, 1.807) is 6.26 Å². The number of hydrogen-bond donors (Lipinski definition) is 1. The second kappa shape index (κ2) is 6.28. The topological polar surface area (TPSA) is 57.0 Å². The minimum atomic E-state index is 0. The average Bonchev–Trinajstić information content (AvgIpc) is 2.92. The largest absolute Gasteiger partial charge is 0.464 e. The van der Waals surface area contributed by atoms with Crippen LogP contribution >= 0.6 is 24.8 Å². The van der Waals surface area contributed by atoms with Gasteiger partial charge in [0.25, 0.3) is 0 Å². The van der Waals surface area contributed by atoms with Gasteiger partial charge in [0.05, 0.1) is 24.0 Å². The number of aromatic nitrogens is 2. The third kappa shape index (κ3) is 2.43. The van der Waals surface area contributed by atoms with Crippen molar-refractivity contribution in [2.24, 2.45) is 5.73 Å². The molecule has 19 heavy (non-hydrogen) atoms. The van der Waals surface area contributed by atoms with Crippen LogP contribution < -0.4 is 5.73 Å². The molecular weight excluding hydrogens is 285 g/mol. The van der Waals surface area contributed by atoms with Crippen LogP contribution in [0.5, 0.6) is 0 Å². The minimum Gasteiger partial charge on any atom is -0.464 e. The number of hydrogen-bond acceptors (Lipinski definition) is 3. The van der Waals surface area contributed by atoms with Crippen molar-refractivity contribution in [1.82, 2.24) is 9.78 Å². The van der Waals surface area contributed by atoms with Crippen molar-refractivity contribution in [3.63, 3.8) is 0 Å². The van der Waals surface area contributed by atoms with Gasteiger partial charge in [0.2, 0.25) is 0 Å². The molecule has 0 atom stereocenters. The fourth-order valence-electron chi connectivity index (χ4n) is 2.33. The van der Waals surface area contributed by atoms with Crippen LogP contribution in [-0.4, -0.2) is 16.3 Å². The maximum atomic E-state index is 5.64. The molecule has 6 heteroatoms. The second-order valence-corrected chi connectivity index (χ2v) is 4.11. The fraction of sp³-hybridized carbons (Fsp3) is 0.308. The molecule has 0 aliphatic heterocycles. The van der Waals surface area contributed by atoms with Gasteiger partial charge in [0.1, 0.15) is 5.58 Å². The first-order valence-corrected chi connectivity index (χ1v) is 5.90. The SMILES string of the molecule is CCc1nn(CCN)c2c1ccc1occc12.Cl.Cl. The zero-order chi connectivity index (χ0) is 11.8. The van der Waals surface area contributed by atoms with Crippen LogP contribution in [0.2, 0.25) is 0 Å². The molecule has 0 radical (unpaired) electrons. The van der Waals surface area contributed by atoms with E-state index in [9.17, 15) is 0 Å². The molecule has 2 aromatic heterocycles. The van der Waals surface area contributed by atoms with Gasteiger partial charge in [-0.2, -0.15) is 5.10 Å². The van der Waals surface area contributed by atoms with E-state index < -0.39 is 0 Å². The normalized spacial score (nSPS) is 10.4. The van der Waals surface area contributed by atoms with E-state index in [1.807, 2.05) is 16.8 Å². The minimum absolute atomic E-state index is 0. The Bertz CT molecular complexity index is 675. The molecule has 0 saturated carbocycles. The lowest BCUT2D eigenvalue weighted by atomic mass is 10.1. The summed E-state index contributed by atoms with van der Waals surface area (Å²) >= 11 is 0.